The Morgan fingerprint density at radius 2 is 1.90 bits per heavy atom. The molecule has 1 fully saturated rings. The van der Waals surface area contributed by atoms with Crippen molar-refractivity contribution in [1.82, 2.24) is 29.4 Å². The number of hydrogen-bond acceptors (Lipinski definition) is 4. The summed E-state index contributed by atoms with van der Waals surface area (Å²) in [5.41, 5.74) is 2.82. The van der Waals surface area contributed by atoms with Gasteiger partial charge in [0.1, 0.15) is 17.1 Å². The number of amides is 1. The van der Waals surface area contributed by atoms with Crippen LogP contribution in [0.2, 0.25) is 0 Å². The van der Waals surface area contributed by atoms with Crippen molar-refractivity contribution in [2.24, 2.45) is 7.05 Å². The number of hydrogen-bond donors (Lipinski definition) is 0. The van der Waals surface area contributed by atoms with Crippen molar-refractivity contribution in [3.05, 3.63) is 11.9 Å². The molecule has 1 amide bonds. The summed E-state index contributed by atoms with van der Waals surface area (Å²) in [4.78, 5) is 16.9. The molecule has 21 heavy (non-hydrogen) atoms. The first-order valence-electron chi connectivity index (χ1n) is 7.33. The van der Waals surface area contributed by atoms with E-state index in [-0.39, 0.29) is 11.9 Å². The minimum Gasteiger partial charge on any atom is -0.338 e. The summed E-state index contributed by atoms with van der Waals surface area (Å²) in [7, 11) is 3.98. The lowest BCUT2D eigenvalue weighted by Crippen LogP contribution is -2.49. The maximum atomic E-state index is 12.7. The van der Waals surface area contributed by atoms with E-state index in [0.717, 1.165) is 42.9 Å². The number of aryl methyl sites for hydroxylation is 2. The van der Waals surface area contributed by atoms with Gasteiger partial charge < -0.3 is 9.80 Å². The second-order valence-electron chi connectivity index (χ2n) is 5.84. The molecule has 0 radical (unpaired) electrons. The lowest BCUT2D eigenvalue weighted by Gasteiger charge is -2.34. The molecular weight excluding hydrogens is 268 g/mol. The molecule has 7 heteroatoms. The standard InChI is InChI=1S/C14H22N6O/c1-10-13-12(18(4)16-10)9-15-20(13)11(2)14(21)19-7-5-17(3)6-8-19/h9,11H,5-8H2,1-4H3/t11-/m1/s1. The van der Waals surface area contributed by atoms with Crippen LogP contribution in [0.1, 0.15) is 18.7 Å². The van der Waals surface area contributed by atoms with Gasteiger partial charge in [-0.25, -0.2) is 4.68 Å². The van der Waals surface area contributed by atoms with Gasteiger partial charge in [-0.05, 0) is 20.9 Å². The van der Waals surface area contributed by atoms with Crippen molar-refractivity contribution in [1.29, 1.82) is 0 Å². The molecule has 0 saturated carbocycles. The molecule has 0 N–H and O–H groups in total. The number of fused-ring (bicyclic) bond motifs is 1. The van der Waals surface area contributed by atoms with Crippen LogP contribution in [0.15, 0.2) is 6.20 Å². The van der Waals surface area contributed by atoms with Gasteiger partial charge in [-0.3, -0.25) is 9.48 Å². The number of likely N-dealkylation sites (N-methyl/N-ethyl adjacent to an activating group) is 1. The third-order valence-electron chi connectivity index (χ3n) is 4.31. The maximum absolute atomic E-state index is 12.7. The lowest BCUT2D eigenvalue weighted by atomic mass is 10.2. The quantitative estimate of drug-likeness (QED) is 0.804. The third kappa shape index (κ3) is 2.31. The van der Waals surface area contributed by atoms with Gasteiger partial charge in [0, 0.05) is 33.2 Å². The topological polar surface area (TPSA) is 59.2 Å². The summed E-state index contributed by atoms with van der Waals surface area (Å²) < 4.78 is 3.61. The van der Waals surface area contributed by atoms with E-state index in [2.05, 4.69) is 22.1 Å². The maximum Gasteiger partial charge on any atom is 0.247 e. The summed E-state index contributed by atoms with van der Waals surface area (Å²) in [6.07, 6.45) is 1.78. The van der Waals surface area contributed by atoms with Crippen molar-refractivity contribution < 1.29 is 4.79 Å². The highest BCUT2D eigenvalue weighted by molar-refractivity contribution is 5.84. The number of piperazine rings is 1. The monoisotopic (exact) mass is 290 g/mol. The van der Waals surface area contributed by atoms with Gasteiger partial charge in [0.2, 0.25) is 5.91 Å². The second-order valence-corrected chi connectivity index (χ2v) is 5.84. The highest BCUT2D eigenvalue weighted by atomic mass is 16.2. The van der Waals surface area contributed by atoms with Crippen LogP contribution in [0.4, 0.5) is 0 Å². The van der Waals surface area contributed by atoms with E-state index in [0.29, 0.717) is 0 Å². The summed E-state index contributed by atoms with van der Waals surface area (Å²) in [6, 6.07) is -0.297. The van der Waals surface area contributed by atoms with Gasteiger partial charge in [-0.1, -0.05) is 0 Å². The van der Waals surface area contributed by atoms with E-state index in [1.54, 1.807) is 15.6 Å². The van der Waals surface area contributed by atoms with E-state index >= 15 is 0 Å². The van der Waals surface area contributed by atoms with Crippen LogP contribution in [-0.4, -0.2) is 68.5 Å². The number of rotatable bonds is 2. The van der Waals surface area contributed by atoms with Crippen LogP contribution in [0.25, 0.3) is 11.0 Å². The van der Waals surface area contributed by atoms with Crippen molar-refractivity contribution in [3.8, 4) is 0 Å². The highest BCUT2D eigenvalue weighted by Crippen LogP contribution is 2.22. The molecular formula is C14H22N6O. The Morgan fingerprint density at radius 1 is 1.24 bits per heavy atom. The van der Waals surface area contributed by atoms with E-state index < -0.39 is 0 Å². The molecule has 1 atom stereocenters. The normalized spacial score (nSPS) is 18.4. The zero-order chi connectivity index (χ0) is 15.1. The average molecular weight is 290 g/mol. The van der Waals surface area contributed by atoms with E-state index in [1.165, 1.54) is 0 Å². The zero-order valence-electron chi connectivity index (χ0n) is 13.1. The van der Waals surface area contributed by atoms with E-state index in [9.17, 15) is 4.79 Å². The smallest absolute Gasteiger partial charge is 0.247 e. The first-order valence-corrected chi connectivity index (χ1v) is 7.33. The Kier molecular flexibility index (Phi) is 3.44. The van der Waals surface area contributed by atoms with Gasteiger partial charge in [0.15, 0.2) is 0 Å². The third-order valence-corrected chi connectivity index (χ3v) is 4.31. The van der Waals surface area contributed by atoms with E-state index in [1.807, 2.05) is 25.8 Å². The fourth-order valence-electron chi connectivity index (χ4n) is 2.96. The number of nitrogens with zero attached hydrogens (tertiary/aromatic N) is 6. The molecule has 0 unspecified atom stereocenters. The Balaban J connectivity index is 1.86. The Labute approximate surface area is 124 Å². The molecule has 1 aliphatic heterocycles. The average Bonchev–Trinajstić information content (AvgIpc) is 3.01. The summed E-state index contributed by atoms with van der Waals surface area (Å²) in [5.74, 6) is 0.136. The predicted molar refractivity (Wildman–Crippen MR) is 80.0 cm³/mol. The molecule has 0 bridgehead atoms. The molecule has 3 rings (SSSR count). The Morgan fingerprint density at radius 3 is 2.57 bits per heavy atom. The van der Waals surface area contributed by atoms with Gasteiger partial charge in [-0.2, -0.15) is 10.2 Å². The van der Waals surface area contributed by atoms with Crippen LogP contribution in [-0.2, 0) is 11.8 Å². The van der Waals surface area contributed by atoms with E-state index in [4.69, 9.17) is 0 Å². The molecule has 0 aliphatic carbocycles. The highest BCUT2D eigenvalue weighted by Gasteiger charge is 2.27. The molecule has 114 valence electrons. The molecule has 1 aliphatic rings. The van der Waals surface area contributed by atoms with Crippen molar-refractivity contribution in [3.63, 3.8) is 0 Å². The molecule has 1 saturated heterocycles. The first kappa shape index (κ1) is 14.1. The van der Waals surface area contributed by atoms with Gasteiger partial charge in [0.05, 0.1) is 11.9 Å². The Hall–Kier alpha value is -1.89. The van der Waals surface area contributed by atoms with Gasteiger partial charge in [-0.15, -0.1) is 0 Å². The van der Waals surface area contributed by atoms with Gasteiger partial charge >= 0.3 is 0 Å². The van der Waals surface area contributed by atoms with Crippen LogP contribution < -0.4 is 0 Å². The zero-order valence-corrected chi connectivity index (χ0v) is 13.1. The minimum absolute atomic E-state index is 0.136. The molecule has 2 aromatic heterocycles. The molecule has 0 aromatic carbocycles. The second kappa shape index (κ2) is 5.14. The summed E-state index contributed by atoms with van der Waals surface area (Å²) >= 11 is 0. The summed E-state index contributed by atoms with van der Waals surface area (Å²) in [6.45, 7) is 7.30. The SMILES string of the molecule is Cc1nn(C)c2cnn([C@H](C)C(=O)N3CCN(C)CC3)c12. The number of carbonyl (C=O) groups is 1. The van der Waals surface area contributed by atoms with Crippen molar-refractivity contribution >= 4 is 16.9 Å². The Bertz CT molecular complexity index is 664. The van der Waals surface area contributed by atoms with Crippen LogP contribution >= 0.6 is 0 Å². The lowest BCUT2D eigenvalue weighted by molar-refractivity contribution is -0.136. The largest absolute Gasteiger partial charge is 0.338 e. The van der Waals surface area contributed by atoms with Crippen molar-refractivity contribution in [2.45, 2.75) is 19.9 Å². The fraction of sp³-hybridized carbons (Fsp3) is 0.643. The molecule has 7 nitrogen and oxygen atoms in total. The van der Waals surface area contributed by atoms with Crippen molar-refractivity contribution in [2.75, 3.05) is 33.2 Å². The molecule has 2 aromatic rings. The van der Waals surface area contributed by atoms with Crippen LogP contribution in [0.3, 0.4) is 0 Å². The number of aromatic nitrogens is 4. The van der Waals surface area contributed by atoms with Crippen LogP contribution in [0, 0.1) is 6.92 Å². The minimum atomic E-state index is -0.297. The van der Waals surface area contributed by atoms with Crippen LogP contribution in [0.5, 0.6) is 0 Å². The molecule has 3 heterocycles. The first-order chi connectivity index (χ1) is 9.99. The molecule has 0 spiro atoms. The summed E-state index contributed by atoms with van der Waals surface area (Å²) in [5, 5.41) is 8.80. The number of carbonyl (C=O) groups excluding carboxylic acids is 1. The van der Waals surface area contributed by atoms with Gasteiger partial charge in [0.25, 0.3) is 0 Å². The predicted octanol–water partition coefficient (Wildman–Crippen LogP) is 0.413. The fourth-order valence-corrected chi connectivity index (χ4v) is 2.96.